The Morgan fingerprint density at radius 3 is 2.58 bits per heavy atom. The zero-order chi connectivity index (χ0) is 23.5. The first kappa shape index (κ1) is 23.2. The molecule has 0 radical (unpaired) electrons. The number of hydrogen-bond acceptors (Lipinski definition) is 6. The molecule has 1 aliphatic rings. The first-order chi connectivity index (χ1) is 15.9. The lowest BCUT2D eigenvalue weighted by atomic mass is 9.96. The van der Waals surface area contributed by atoms with Gasteiger partial charge in [-0.2, -0.15) is 0 Å². The summed E-state index contributed by atoms with van der Waals surface area (Å²) in [6.07, 6.45) is 1.84. The lowest BCUT2D eigenvalue weighted by Gasteiger charge is -2.25. The number of aryl methyl sites for hydroxylation is 1. The van der Waals surface area contributed by atoms with Gasteiger partial charge in [-0.15, -0.1) is 0 Å². The van der Waals surface area contributed by atoms with Crippen molar-refractivity contribution in [2.45, 2.75) is 19.9 Å². The first-order valence-electron chi connectivity index (χ1n) is 10.4. The van der Waals surface area contributed by atoms with Crippen molar-refractivity contribution in [1.82, 2.24) is 4.57 Å². The number of allylic oxidation sites excluding steroid dienone is 1. The summed E-state index contributed by atoms with van der Waals surface area (Å²) in [6, 6.07) is 14.3. The number of aromatic nitrogens is 1. The van der Waals surface area contributed by atoms with Gasteiger partial charge in [0.05, 0.1) is 22.4 Å². The van der Waals surface area contributed by atoms with E-state index in [9.17, 15) is 9.59 Å². The van der Waals surface area contributed by atoms with Gasteiger partial charge in [0.25, 0.3) is 5.56 Å². The van der Waals surface area contributed by atoms with E-state index in [1.807, 2.05) is 49.4 Å². The molecule has 3 aromatic rings. The van der Waals surface area contributed by atoms with Crippen molar-refractivity contribution in [2.24, 2.45) is 4.99 Å². The average Bonchev–Trinajstić information content (AvgIpc) is 3.09. The summed E-state index contributed by atoms with van der Waals surface area (Å²) < 4.78 is 12.4. The Morgan fingerprint density at radius 1 is 1.15 bits per heavy atom. The molecule has 0 aliphatic carbocycles. The molecule has 170 valence electrons. The van der Waals surface area contributed by atoms with Gasteiger partial charge in [0.2, 0.25) is 0 Å². The van der Waals surface area contributed by atoms with Crippen LogP contribution in [0.25, 0.3) is 6.08 Å². The summed E-state index contributed by atoms with van der Waals surface area (Å²) in [5.41, 5.74) is 3.22. The van der Waals surface area contributed by atoms with E-state index in [0.717, 1.165) is 11.1 Å². The van der Waals surface area contributed by atoms with Crippen LogP contribution in [0.5, 0.6) is 0 Å². The number of benzene rings is 2. The van der Waals surface area contributed by atoms with Crippen molar-refractivity contribution in [3.63, 3.8) is 0 Å². The van der Waals surface area contributed by atoms with Crippen LogP contribution in [-0.4, -0.2) is 30.9 Å². The number of fused-ring (bicyclic) bond motifs is 1. The quantitative estimate of drug-likeness (QED) is 0.399. The molecular formula is C25H23ClN2O4S. The topological polar surface area (TPSA) is 69.9 Å². The molecule has 2 heterocycles. The number of nitrogens with zero attached hydrogens (tertiary/aromatic N) is 2. The Labute approximate surface area is 200 Å². The molecule has 0 amide bonds. The molecule has 0 fully saturated rings. The minimum absolute atomic E-state index is 0.0964. The Bertz CT molecular complexity index is 1400. The number of esters is 1. The van der Waals surface area contributed by atoms with E-state index in [0.29, 0.717) is 25.6 Å². The summed E-state index contributed by atoms with van der Waals surface area (Å²) >= 11 is 7.81. The standard InChI is InChI=1S/C25H23ClN2O4S/c1-15-8-10-17(11-9-15)14-20-23(29)28-22(18-6-4-5-7-19(18)26)21(16(2)27-25(28)33-20)24(30)32-13-12-31-3/h4-11,14,22H,12-13H2,1-3H3/b20-14-. The molecular weight excluding hydrogens is 460 g/mol. The van der Waals surface area contributed by atoms with Gasteiger partial charge in [0.1, 0.15) is 12.6 Å². The molecule has 1 aromatic heterocycles. The van der Waals surface area contributed by atoms with Crippen LogP contribution in [0.1, 0.15) is 29.7 Å². The average molecular weight is 483 g/mol. The van der Waals surface area contributed by atoms with Gasteiger partial charge in [0.15, 0.2) is 4.80 Å². The Balaban J connectivity index is 1.90. The monoisotopic (exact) mass is 482 g/mol. The maximum absolute atomic E-state index is 13.6. The maximum Gasteiger partial charge on any atom is 0.338 e. The summed E-state index contributed by atoms with van der Waals surface area (Å²) in [6.45, 7) is 4.12. The highest BCUT2D eigenvalue weighted by atomic mass is 35.5. The van der Waals surface area contributed by atoms with Crippen LogP contribution in [0.2, 0.25) is 5.02 Å². The van der Waals surface area contributed by atoms with Crippen molar-refractivity contribution in [1.29, 1.82) is 0 Å². The first-order valence-corrected chi connectivity index (χ1v) is 11.6. The van der Waals surface area contributed by atoms with Crippen LogP contribution < -0.4 is 14.9 Å². The maximum atomic E-state index is 13.6. The summed E-state index contributed by atoms with van der Waals surface area (Å²) in [5.74, 6) is -0.550. The van der Waals surface area contributed by atoms with Crippen LogP contribution in [-0.2, 0) is 14.3 Å². The molecule has 1 atom stereocenters. The highest BCUT2D eigenvalue weighted by molar-refractivity contribution is 7.07. The van der Waals surface area contributed by atoms with Gasteiger partial charge < -0.3 is 9.47 Å². The Hall–Kier alpha value is -3.00. The number of carbonyl (C=O) groups excluding carboxylic acids is 1. The van der Waals surface area contributed by atoms with Crippen LogP contribution >= 0.6 is 22.9 Å². The van der Waals surface area contributed by atoms with Gasteiger partial charge in [-0.25, -0.2) is 9.79 Å². The molecule has 6 nitrogen and oxygen atoms in total. The highest BCUT2D eigenvalue weighted by Gasteiger charge is 2.34. The number of carbonyl (C=O) groups is 1. The fraction of sp³-hybridized carbons (Fsp3) is 0.240. The van der Waals surface area contributed by atoms with Gasteiger partial charge in [-0.3, -0.25) is 9.36 Å². The number of methoxy groups -OCH3 is 1. The molecule has 1 aliphatic heterocycles. The molecule has 2 aromatic carbocycles. The highest BCUT2D eigenvalue weighted by Crippen LogP contribution is 2.34. The molecule has 0 N–H and O–H groups in total. The van der Waals surface area contributed by atoms with E-state index in [1.54, 1.807) is 19.1 Å². The molecule has 0 bridgehead atoms. The minimum Gasteiger partial charge on any atom is -0.460 e. The number of rotatable bonds is 6. The zero-order valence-electron chi connectivity index (χ0n) is 18.5. The van der Waals surface area contributed by atoms with Crippen LogP contribution in [0.15, 0.2) is 69.6 Å². The van der Waals surface area contributed by atoms with Crippen LogP contribution in [0, 0.1) is 6.92 Å². The van der Waals surface area contributed by atoms with Crippen molar-refractivity contribution in [3.05, 3.63) is 101 Å². The predicted octanol–water partition coefficient (Wildman–Crippen LogP) is 3.39. The van der Waals surface area contributed by atoms with Crippen molar-refractivity contribution in [2.75, 3.05) is 20.3 Å². The lowest BCUT2D eigenvalue weighted by molar-refractivity contribution is -0.140. The van der Waals surface area contributed by atoms with Gasteiger partial charge >= 0.3 is 5.97 Å². The van der Waals surface area contributed by atoms with Gasteiger partial charge in [-0.05, 0) is 37.1 Å². The fourth-order valence-electron chi connectivity index (χ4n) is 3.68. The normalized spacial score (nSPS) is 15.9. The van der Waals surface area contributed by atoms with Gasteiger partial charge in [-0.1, -0.05) is 71.0 Å². The van der Waals surface area contributed by atoms with Crippen molar-refractivity contribution >= 4 is 35.0 Å². The van der Waals surface area contributed by atoms with E-state index >= 15 is 0 Å². The largest absolute Gasteiger partial charge is 0.460 e. The summed E-state index contributed by atoms with van der Waals surface area (Å²) in [5, 5.41) is 0.451. The minimum atomic E-state index is -0.745. The third-order valence-electron chi connectivity index (χ3n) is 5.34. The third-order valence-corrected chi connectivity index (χ3v) is 6.66. The molecule has 0 spiro atoms. The van der Waals surface area contributed by atoms with E-state index in [1.165, 1.54) is 23.0 Å². The van der Waals surface area contributed by atoms with Gasteiger partial charge in [0, 0.05) is 12.1 Å². The second kappa shape index (κ2) is 9.87. The van der Waals surface area contributed by atoms with Crippen molar-refractivity contribution < 1.29 is 14.3 Å². The SMILES string of the molecule is COCCOC(=O)C1=C(C)N=c2s/c(=C\c3ccc(C)cc3)c(=O)n2C1c1ccccc1Cl. The zero-order valence-corrected chi connectivity index (χ0v) is 20.1. The van der Waals surface area contributed by atoms with E-state index < -0.39 is 12.0 Å². The third kappa shape index (κ3) is 4.71. The summed E-state index contributed by atoms with van der Waals surface area (Å²) in [7, 11) is 1.53. The van der Waals surface area contributed by atoms with Crippen LogP contribution in [0.3, 0.4) is 0 Å². The summed E-state index contributed by atoms with van der Waals surface area (Å²) in [4.78, 5) is 31.7. The molecule has 0 saturated heterocycles. The number of halogens is 1. The van der Waals surface area contributed by atoms with E-state index in [4.69, 9.17) is 21.1 Å². The number of ether oxygens (including phenoxy) is 2. The fourth-order valence-corrected chi connectivity index (χ4v) is 4.97. The second-order valence-corrected chi connectivity index (χ2v) is 9.06. The number of thiazole rings is 1. The number of hydrogen-bond donors (Lipinski definition) is 0. The van der Waals surface area contributed by atoms with E-state index in [-0.39, 0.29) is 24.3 Å². The second-order valence-electron chi connectivity index (χ2n) is 7.64. The molecule has 1 unspecified atom stereocenters. The lowest BCUT2D eigenvalue weighted by Crippen LogP contribution is -2.40. The Morgan fingerprint density at radius 2 is 1.88 bits per heavy atom. The van der Waals surface area contributed by atoms with E-state index in [2.05, 4.69) is 4.99 Å². The Kier molecular flexibility index (Phi) is 6.93. The van der Waals surface area contributed by atoms with Crippen LogP contribution in [0.4, 0.5) is 0 Å². The molecule has 0 saturated carbocycles. The molecule has 8 heteroatoms. The van der Waals surface area contributed by atoms with Crippen molar-refractivity contribution in [3.8, 4) is 0 Å². The predicted molar refractivity (Wildman–Crippen MR) is 129 cm³/mol. The molecule has 33 heavy (non-hydrogen) atoms. The smallest absolute Gasteiger partial charge is 0.338 e. The molecule has 4 rings (SSSR count).